The second kappa shape index (κ2) is 8.97. The first-order valence-corrected chi connectivity index (χ1v) is 10.1. The Balaban J connectivity index is 1.59. The zero-order valence-corrected chi connectivity index (χ0v) is 16.8. The number of amides is 3. The van der Waals surface area contributed by atoms with Gasteiger partial charge < -0.3 is 15.5 Å². The lowest BCUT2D eigenvalue weighted by atomic mass is 9.97. The van der Waals surface area contributed by atoms with Gasteiger partial charge in [0.2, 0.25) is 11.8 Å². The molecule has 0 aliphatic carbocycles. The highest BCUT2D eigenvalue weighted by molar-refractivity contribution is 7.14. The molecular weight excluding hydrogens is 376 g/mol. The first-order valence-electron chi connectivity index (χ1n) is 9.28. The summed E-state index contributed by atoms with van der Waals surface area (Å²) in [5.74, 6) is 0.00480. The summed E-state index contributed by atoms with van der Waals surface area (Å²) in [4.78, 5) is 43.9. The second-order valence-corrected chi connectivity index (χ2v) is 8.14. The monoisotopic (exact) mass is 400 g/mol. The Morgan fingerprint density at radius 2 is 2.07 bits per heavy atom. The van der Waals surface area contributed by atoms with Crippen molar-refractivity contribution in [3.63, 3.8) is 0 Å². The largest absolute Gasteiger partial charge is 0.351 e. The topological polar surface area (TPSA) is 91.4 Å². The molecule has 0 bridgehead atoms. The van der Waals surface area contributed by atoms with Gasteiger partial charge in [-0.25, -0.2) is 4.98 Å². The molecule has 8 heteroatoms. The third-order valence-electron chi connectivity index (χ3n) is 4.63. The highest BCUT2D eigenvalue weighted by Gasteiger charge is 2.29. The molecule has 1 saturated heterocycles. The average molecular weight is 401 g/mol. The third-order valence-corrected chi connectivity index (χ3v) is 5.70. The van der Waals surface area contributed by atoms with Crippen LogP contribution in [0.4, 0.5) is 5.82 Å². The van der Waals surface area contributed by atoms with Crippen LogP contribution in [0.5, 0.6) is 0 Å². The molecule has 3 rings (SSSR count). The Hall–Kier alpha value is -2.74. The first-order chi connectivity index (χ1) is 13.4. The van der Waals surface area contributed by atoms with E-state index >= 15 is 0 Å². The van der Waals surface area contributed by atoms with Gasteiger partial charge in [-0.1, -0.05) is 6.07 Å². The van der Waals surface area contributed by atoms with E-state index in [2.05, 4.69) is 15.6 Å². The number of piperidine rings is 1. The standard InChI is InChI=1S/C20H24N4O3S/c1-13-5-8-18(22-10-13)23-19(26)15-4-3-9-24(12-15)20(27)17-7-6-16(28-17)11-21-14(2)25/h5-8,10,15H,3-4,9,11-12H2,1-2H3,(H,21,25)(H,22,23,26). The quantitative estimate of drug-likeness (QED) is 0.807. The normalized spacial score (nSPS) is 16.5. The van der Waals surface area contributed by atoms with Crippen molar-refractivity contribution in [2.75, 3.05) is 18.4 Å². The minimum Gasteiger partial charge on any atom is -0.351 e. The summed E-state index contributed by atoms with van der Waals surface area (Å²) in [5.41, 5.74) is 1.03. The van der Waals surface area contributed by atoms with Crippen molar-refractivity contribution < 1.29 is 14.4 Å². The molecular formula is C20H24N4O3S. The molecule has 0 spiro atoms. The van der Waals surface area contributed by atoms with Gasteiger partial charge in [0.05, 0.1) is 17.3 Å². The van der Waals surface area contributed by atoms with Gasteiger partial charge in [0.15, 0.2) is 0 Å². The van der Waals surface area contributed by atoms with E-state index in [0.717, 1.165) is 23.3 Å². The number of aryl methyl sites for hydroxylation is 1. The lowest BCUT2D eigenvalue weighted by molar-refractivity contribution is -0.121. The van der Waals surface area contributed by atoms with Gasteiger partial charge >= 0.3 is 0 Å². The van der Waals surface area contributed by atoms with E-state index in [0.29, 0.717) is 30.3 Å². The number of nitrogens with zero attached hydrogens (tertiary/aromatic N) is 2. The van der Waals surface area contributed by atoms with Crippen LogP contribution in [0.15, 0.2) is 30.5 Å². The zero-order chi connectivity index (χ0) is 20.1. The fourth-order valence-corrected chi connectivity index (χ4v) is 4.02. The molecule has 148 valence electrons. The summed E-state index contributed by atoms with van der Waals surface area (Å²) in [6.07, 6.45) is 3.25. The molecule has 1 unspecified atom stereocenters. The number of hydrogen-bond donors (Lipinski definition) is 2. The Morgan fingerprint density at radius 3 is 2.79 bits per heavy atom. The van der Waals surface area contributed by atoms with Crippen molar-refractivity contribution in [3.05, 3.63) is 45.8 Å². The summed E-state index contributed by atoms with van der Waals surface area (Å²) in [5, 5.41) is 5.57. The Kier molecular flexibility index (Phi) is 6.41. The number of carbonyl (C=O) groups excluding carboxylic acids is 3. The van der Waals surface area contributed by atoms with Gasteiger partial charge in [-0.15, -0.1) is 11.3 Å². The first kappa shape index (κ1) is 20.0. The van der Waals surface area contributed by atoms with Crippen LogP contribution < -0.4 is 10.6 Å². The summed E-state index contributed by atoms with van der Waals surface area (Å²) in [6, 6.07) is 7.31. The number of carbonyl (C=O) groups is 3. The number of hydrogen-bond acceptors (Lipinski definition) is 5. The third kappa shape index (κ3) is 5.16. The van der Waals surface area contributed by atoms with Gasteiger partial charge in [0, 0.05) is 31.1 Å². The predicted octanol–water partition coefficient (Wildman–Crippen LogP) is 2.58. The molecule has 1 atom stereocenters. The van der Waals surface area contributed by atoms with E-state index in [4.69, 9.17) is 0 Å². The van der Waals surface area contributed by atoms with Crippen LogP contribution >= 0.6 is 11.3 Å². The Labute approximate surface area is 168 Å². The molecule has 1 fully saturated rings. The highest BCUT2D eigenvalue weighted by atomic mass is 32.1. The molecule has 1 aliphatic heterocycles. The predicted molar refractivity (Wildman–Crippen MR) is 108 cm³/mol. The maximum Gasteiger partial charge on any atom is 0.263 e. The van der Waals surface area contributed by atoms with E-state index < -0.39 is 0 Å². The molecule has 0 saturated carbocycles. The maximum atomic E-state index is 12.8. The van der Waals surface area contributed by atoms with E-state index in [1.165, 1.54) is 18.3 Å². The van der Waals surface area contributed by atoms with Gasteiger partial charge in [0.1, 0.15) is 5.82 Å². The molecule has 28 heavy (non-hydrogen) atoms. The van der Waals surface area contributed by atoms with Crippen molar-refractivity contribution in [3.8, 4) is 0 Å². The smallest absolute Gasteiger partial charge is 0.263 e. The van der Waals surface area contributed by atoms with Gasteiger partial charge in [-0.05, 0) is 43.5 Å². The molecule has 3 amide bonds. The minimum atomic E-state index is -0.250. The van der Waals surface area contributed by atoms with Crippen LogP contribution in [0, 0.1) is 12.8 Å². The number of aromatic nitrogens is 1. The zero-order valence-electron chi connectivity index (χ0n) is 16.0. The SMILES string of the molecule is CC(=O)NCc1ccc(C(=O)N2CCCC(C(=O)Nc3ccc(C)cn3)C2)s1. The van der Waals surface area contributed by atoms with Crippen LogP contribution in [0.2, 0.25) is 0 Å². The summed E-state index contributed by atoms with van der Waals surface area (Å²) >= 11 is 1.37. The Bertz CT molecular complexity index is 863. The van der Waals surface area contributed by atoms with E-state index in [1.807, 2.05) is 19.1 Å². The number of likely N-dealkylation sites (tertiary alicyclic amines) is 1. The molecule has 2 aromatic rings. The maximum absolute atomic E-state index is 12.8. The molecule has 2 N–H and O–H groups in total. The van der Waals surface area contributed by atoms with Crippen LogP contribution in [-0.2, 0) is 16.1 Å². The minimum absolute atomic E-state index is 0.0648. The van der Waals surface area contributed by atoms with Crippen molar-refractivity contribution in [1.29, 1.82) is 0 Å². The van der Waals surface area contributed by atoms with Crippen molar-refractivity contribution in [2.24, 2.45) is 5.92 Å². The molecule has 7 nitrogen and oxygen atoms in total. The van der Waals surface area contributed by atoms with Crippen molar-refractivity contribution >= 4 is 34.9 Å². The Morgan fingerprint density at radius 1 is 1.25 bits per heavy atom. The van der Waals surface area contributed by atoms with Crippen molar-refractivity contribution in [1.82, 2.24) is 15.2 Å². The lowest BCUT2D eigenvalue weighted by Crippen LogP contribution is -2.43. The number of thiophene rings is 1. The average Bonchev–Trinajstić information content (AvgIpc) is 3.16. The number of rotatable bonds is 5. The van der Waals surface area contributed by atoms with E-state index in [1.54, 1.807) is 23.2 Å². The van der Waals surface area contributed by atoms with E-state index in [9.17, 15) is 14.4 Å². The second-order valence-electron chi connectivity index (χ2n) is 6.98. The lowest BCUT2D eigenvalue weighted by Gasteiger charge is -2.31. The number of nitrogens with one attached hydrogen (secondary N) is 2. The number of pyridine rings is 1. The molecule has 2 aromatic heterocycles. The summed E-state index contributed by atoms with van der Waals surface area (Å²) < 4.78 is 0. The van der Waals surface area contributed by atoms with Gasteiger partial charge in [-0.2, -0.15) is 0 Å². The molecule has 0 radical (unpaired) electrons. The molecule has 0 aromatic carbocycles. The number of anilines is 1. The van der Waals surface area contributed by atoms with Crippen molar-refractivity contribution in [2.45, 2.75) is 33.2 Å². The van der Waals surface area contributed by atoms with Gasteiger partial charge in [-0.3, -0.25) is 14.4 Å². The fraction of sp³-hybridized carbons (Fsp3) is 0.400. The van der Waals surface area contributed by atoms with Crippen LogP contribution in [0.3, 0.4) is 0 Å². The van der Waals surface area contributed by atoms with Gasteiger partial charge in [0.25, 0.3) is 5.91 Å². The summed E-state index contributed by atoms with van der Waals surface area (Å²) in [7, 11) is 0. The fourth-order valence-electron chi connectivity index (χ4n) is 3.10. The van der Waals surface area contributed by atoms with E-state index in [-0.39, 0.29) is 23.6 Å². The van der Waals surface area contributed by atoms with Crippen LogP contribution in [0.25, 0.3) is 0 Å². The van der Waals surface area contributed by atoms with Crippen LogP contribution in [0.1, 0.15) is 39.9 Å². The highest BCUT2D eigenvalue weighted by Crippen LogP contribution is 2.23. The molecule has 3 heterocycles. The summed E-state index contributed by atoms with van der Waals surface area (Å²) in [6.45, 7) is 4.86. The molecule has 1 aliphatic rings. The van der Waals surface area contributed by atoms with Crippen LogP contribution in [-0.4, -0.2) is 40.7 Å².